The first-order valence-electron chi connectivity index (χ1n) is 24.6. The lowest BCUT2D eigenvalue weighted by molar-refractivity contribution is 0.195. The highest BCUT2D eigenvalue weighted by Gasteiger charge is 2.61. The Morgan fingerprint density at radius 3 is 2.00 bits per heavy atom. The zero-order valence-electron chi connectivity index (χ0n) is 40.2. The van der Waals surface area contributed by atoms with Crippen molar-refractivity contribution >= 4 is 101 Å². The van der Waals surface area contributed by atoms with E-state index in [0.717, 1.165) is 44.7 Å². The molecule has 9 aromatic rings. The van der Waals surface area contributed by atoms with Gasteiger partial charge in [-0.05, 0) is 112 Å². The minimum absolute atomic E-state index is 0.0113. The van der Waals surface area contributed by atoms with Crippen LogP contribution >= 0.6 is 0 Å². The molecule has 4 nitrogen and oxygen atoms in total. The molecule has 2 atom stereocenters. The molecule has 1 saturated carbocycles. The van der Waals surface area contributed by atoms with Crippen LogP contribution in [0.3, 0.4) is 0 Å². The molecule has 4 aliphatic rings. The van der Waals surface area contributed by atoms with E-state index in [2.05, 4.69) is 228 Å². The van der Waals surface area contributed by atoms with Crippen LogP contribution < -0.4 is 31.1 Å². The Balaban J connectivity index is 1.11. The molecule has 3 aliphatic heterocycles. The van der Waals surface area contributed by atoms with Crippen molar-refractivity contribution in [2.24, 2.45) is 0 Å². The number of para-hydroxylation sites is 4. The number of hydrogen-bond acceptors (Lipinski definition) is 4. The molecule has 1 aromatic heterocycles. The molecular formula is C62H58BN3O. The summed E-state index contributed by atoms with van der Waals surface area (Å²) < 4.78 is 7.23. The third-order valence-corrected chi connectivity index (χ3v) is 16.6. The summed E-state index contributed by atoms with van der Waals surface area (Å²) in [5.74, 6) is 0. The van der Waals surface area contributed by atoms with Crippen LogP contribution in [0.2, 0.25) is 0 Å². The summed E-state index contributed by atoms with van der Waals surface area (Å²) >= 11 is 0. The standard InChI is InChI=1S/C62H58BN3O/c1-59(2,3)45-33-35-50(42-23-13-12-22-41(42)45)65(53-31-17-25-44-43-24-16-27-47(60(4,5)6)57(43)67-58(44)53)40-32-34-48-54(38-40)64(39-20-10-9-11-21-39)51-29-19-30-52-55(51)63(48)49-28-18-26-46-56(49)66(52)62(8)37-15-14-36-61(46,62)7/h9-13,16-35,38H,14-15,36-37H2,1-8H3. The van der Waals surface area contributed by atoms with Crippen molar-refractivity contribution in [1.29, 1.82) is 0 Å². The fourth-order valence-electron chi connectivity index (χ4n) is 13.3. The second kappa shape index (κ2) is 13.9. The Labute approximate surface area is 395 Å². The number of rotatable bonds is 4. The van der Waals surface area contributed by atoms with Gasteiger partial charge in [0, 0.05) is 61.3 Å². The fraction of sp³-hybridized carbons (Fsp3) is 0.258. The van der Waals surface area contributed by atoms with Gasteiger partial charge in [0.1, 0.15) is 5.58 Å². The molecule has 330 valence electrons. The van der Waals surface area contributed by atoms with Crippen molar-refractivity contribution < 1.29 is 4.42 Å². The Morgan fingerprint density at radius 1 is 0.537 bits per heavy atom. The zero-order chi connectivity index (χ0) is 45.8. The third-order valence-electron chi connectivity index (χ3n) is 16.6. The predicted molar refractivity (Wildman–Crippen MR) is 285 cm³/mol. The molecule has 2 unspecified atom stereocenters. The van der Waals surface area contributed by atoms with Gasteiger partial charge in [-0.25, -0.2) is 0 Å². The predicted octanol–water partition coefficient (Wildman–Crippen LogP) is 15.2. The van der Waals surface area contributed by atoms with Crippen molar-refractivity contribution in [2.75, 3.05) is 14.7 Å². The zero-order valence-corrected chi connectivity index (χ0v) is 40.2. The largest absolute Gasteiger partial charge is 0.454 e. The normalized spacial score (nSPS) is 19.4. The Bertz CT molecular complexity index is 3520. The smallest absolute Gasteiger partial charge is 0.252 e. The lowest BCUT2D eigenvalue weighted by atomic mass is 9.33. The quantitative estimate of drug-likeness (QED) is 0.164. The number of fused-ring (bicyclic) bond motifs is 11. The first kappa shape index (κ1) is 40.6. The van der Waals surface area contributed by atoms with E-state index in [9.17, 15) is 0 Å². The van der Waals surface area contributed by atoms with E-state index >= 15 is 0 Å². The summed E-state index contributed by atoms with van der Waals surface area (Å²) in [4.78, 5) is 7.85. The summed E-state index contributed by atoms with van der Waals surface area (Å²) in [6.45, 7) is 19.0. The minimum Gasteiger partial charge on any atom is -0.454 e. The summed E-state index contributed by atoms with van der Waals surface area (Å²) in [5, 5.41) is 4.75. The van der Waals surface area contributed by atoms with E-state index in [-0.39, 0.29) is 28.5 Å². The maximum Gasteiger partial charge on any atom is 0.252 e. The third kappa shape index (κ3) is 5.49. The number of anilines is 8. The average molecular weight is 872 g/mol. The molecule has 4 heterocycles. The molecular weight excluding hydrogens is 814 g/mol. The molecule has 1 fully saturated rings. The number of furan rings is 1. The van der Waals surface area contributed by atoms with E-state index in [1.54, 1.807) is 0 Å². The molecule has 13 rings (SSSR count). The second-order valence-electron chi connectivity index (χ2n) is 22.4. The summed E-state index contributed by atoms with van der Waals surface area (Å²) in [6.07, 6.45) is 4.93. The van der Waals surface area contributed by atoms with E-state index in [4.69, 9.17) is 4.42 Å². The summed E-state index contributed by atoms with van der Waals surface area (Å²) in [6, 6.07) is 59.8. The van der Waals surface area contributed by atoms with E-state index in [1.807, 2.05) is 0 Å². The van der Waals surface area contributed by atoms with Gasteiger partial charge < -0.3 is 19.1 Å². The van der Waals surface area contributed by atoms with Crippen molar-refractivity contribution in [3.05, 3.63) is 174 Å². The van der Waals surface area contributed by atoms with Crippen molar-refractivity contribution in [3.63, 3.8) is 0 Å². The molecule has 8 aromatic carbocycles. The van der Waals surface area contributed by atoms with Crippen LogP contribution in [-0.2, 0) is 16.2 Å². The van der Waals surface area contributed by atoms with Gasteiger partial charge in [0.05, 0.1) is 16.9 Å². The van der Waals surface area contributed by atoms with E-state index in [1.165, 1.54) is 92.3 Å². The Hall–Kier alpha value is -6.72. The SMILES string of the molecule is CC(C)(C)c1ccc(N(c2ccc3c(c2)N(c2ccccc2)c2cccc4c2B3c2cccc3c2N4C2(C)CCCCC32C)c2cccc3c2oc2c(C(C)(C)C)cccc23)c2ccccc12. The Morgan fingerprint density at radius 2 is 1.21 bits per heavy atom. The average Bonchev–Trinajstić information content (AvgIpc) is 3.81. The highest BCUT2D eigenvalue weighted by atomic mass is 16.3. The van der Waals surface area contributed by atoms with Gasteiger partial charge in [-0.15, -0.1) is 0 Å². The molecule has 1 aliphatic carbocycles. The highest BCUT2D eigenvalue weighted by molar-refractivity contribution is 7.00. The lowest BCUT2D eigenvalue weighted by Crippen LogP contribution is -2.64. The van der Waals surface area contributed by atoms with Crippen LogP contribution in [-0.4, -0.2) is 12.3 Å². The molecule has 0 radical (unpaired) electrons. The molecule has 5 heteroatoms. The minimum atomic E-state index is -0.0930. The second-order valence-corrected chi connectivity index (χ2v) is 22.4. The van der Waals surface area contributed by atoms with Gasteiger partial charge in [0.25, 0.3) is 6.71 Å². The first-order valence-corrected chi connectivity index (χ1v) is 24.6. The highest BCUT2D eigenvalue weighted by Crippen LogP contribution is 2.62. The number of benzene rings is 8. The molecule has 0 spiro atoms. The van der Waals surface area contributed by atoms with Gasteiger partial charge >= 0.3 is 0 Å². The fourth-order valence-corrected chi connectivity index (χ4v) is 13.3. The van der Waals surface area contributed by atoms with Crippen LogP contribution in [0.5, 0.6) is 0 Å². The van der Waals surface area contributed by atoms with Gasteiger partial charge in [0.15, 0.2) is 5.58 Å². The molecule has 0 saturated heterocycles. The number of hydrogen-bond donors (Lipinski definition) is 0. The van der Waals surface area contributed by atoms with Crippen LogP contribution in [0.25, 0.3) is 32.7 Å². The van der Waals surface area contributed by atoms with Gasteiger partial charge in [-0.2, -0.15) is 0 Å². The number of nitrogens with zero attached hydrogens (tertiary/aromatic N) is 3. The van der Waals surface area contributed by atoms with Crippen LogP contribution in [0.15, 0.2) is 162 Å². The van der Waals surface area contributed by atoms with Crippen molar-refractivity contribution in [2.45, 2.75) is 103 Å². The maximum absolute atomic E-state index is 7.23. The topological polar surface area (TPSA) is 22.9 Å². The first-order chi connectivity index (χ1) is 32.3. The van der Waals surface area contributed by atoms with E-state index in [0.29, 0.717) is 0 Å². The molecule has 0 N–H and O–H groups in total. The summed E-state index contributed by atoms with van der Waals surface area (Å²) in [5.41, 5.74) is 19.7. The molecule has 0 bridgehead atoms. The van der Waals surface area contributed by atoms with Gasteiger partial charge in [0.2, 0.25) is 0 Å². The van der Waals surface area contributed by atoms with Crippen LogP contribution in [0.4, 0.5) is 45.5 Å². The Kier molecular flexibility index (Phi) is 8.42. The van der Waals surface area contributed by atoms with Crippen molar-refractivity contribution in [1.82, 2.24) is 0 Å². The molecule has 67 heavy (non-hydrogen) atoms. The lowest BCUT2D eigenvalue weighted by Gasteiger charge is -2.52. The van der Waals surface area contributed by atoms with E-state index < -0.39 is 0 Å². The monoisotopic (exact) mass is 871 g/mol. The van der Waals surface area contributed by atoms with Gasteiger partial charge in [-0.3, -0.25) is 0 Å². The van der Waals surface area contributed by atoms with Crippen molar-refractivity contribution in [3.8, 4) is 0 Å². The summed E-state index contributed by atoms with van der Waals surface area (Å²) in [7, 11) is 0. The van der Waals surface area contributed by atoms with Crippen LogP contribution in [0.1, 0.15) is 97.8 Å². The van der Waals surface area contributed by atoms with Gasteiger partial charge in [-0.1, -0.05) is 171 Å². The molecule has 0 amide bonds. The maximum atomic E-state index is 7.23. The van der Waals surface area contributed by atoms with Crippen LogP contribution in [0, 0.1) is 0 Å².